The van der Waals surface area contributed by atoms with Crippen LogP contribution in [0.4, 0.5) is 0 Å². The molecule has 0 spiro atoms. The van der Waals surface area contributed by atoms with E-state index in [1.165, 1.54) is 6.07 Å². The van der Waals surface area contributed by atoms with Crippen molar-refractivity contribution in [3.63, 3.8) is 0 Å². The van der Waals surface area contributed by atoms with Crippen LogP contribution in [0.5, 0.6) is 0 Å². The van der Waals surface area contributed by atoms with Crippen LogP contribution >= 0.6 is 0 Å². The first-order chi connectivity index (χ1) is 9.58. The summed E-state index contributed by atoms with van der Waals surface area (Å²) >= 11 is 0. The summed E-state index contributed by atoms with van der Waals surface area (Å²) in [5, 5.41) is 9.07. The smallest absolute Gasteiger partial charge is 0.335 e. The summed E-state index contributed by atoms with van der Waals surface area (Å²) in [6.45, 7) is 3.33. The maximum Gasteiger partial charge on any atom is 0.335 e. The van der Waals surface area contributed by atoms with Crippen LogP contribution < -0.4 is 5.69 Å². The van der Waals surface area contributed by atoms with Gasteiger partial charge in [0.25, 0.3) is 0 Å². The van der Waals surface area contributed by atoms with Crippen molar-refractivity contribution in [2.45, 2.75) is 19.4 Å². The van der Waals surface area contributed by atoms with Crippen molar-refractivity contribution in [3.05, 3.63) is 34.2 Å². The molecule has 2 aromatic rings. The number of H-pyrrole nitrogens is 1. The van der Waals surface area contributed by atoms with Crippen molar-refractivity contribution >= 4 is 17.0 Å². The number of hydrogen-bond acceptors (Lipinski definition) is 3. The Bertz CT molecular complexity index is 710. The Kier molecular flexibility index (Phi) is 3.10. The zero-order chi connectivity index (χ0) is 14.3. The van der Waals surface area contributed by atoms with Crippen molar-refractivity contribution in [3.8, 4) is 0 Å². The van der Waals surface area contributed by atoms with Gasteiger partial charge in [-0.3, -0.25) is 4.57 Å². The number of carboxylic acids is 1. The maximum absolute atomic E-state index is 12.1. The van der Waals surface area contributed by atoms with E-state index in [0.717, 1.165) is 6.42 Å². The van der Waals surface area contributed by atoms with Crippen LogP contribution in [0.15, 0.2) is 23.0 Å². The molecule has 0 aliphatic carbocycles. The maximum atomic E-state index is 12.1. The van der Waals surface area contributed by atoms with Crippen LogP contribution in [0.1, 0.15) is 29.7 Å². The molecule has 2 N–H and O–H groups in total. The van der Waals surface area contributed by atoms with Gasteiger partial charge in [-0.15, -0.1) is 0 Å². The largest absolute Gasteiger partial charge is 0.478 e. The van der Waals surface area contributed by atoms with Crippen molar-refractivity contribution < 1.29 is 14.6 Å². The van der Waals surface area contributed by atoms with Crippen LogP contribution in [0.2, 0.25) is 0 Å². The average molecular weight is 276 g/mol. The van der Waals surface area contributed by atoms with E-state index in [9.17, 15) is 9.59 Å². The SMILES string of the molecule is CC(C1CCOC1)n1c(=O)[nH]c2ccc(C(=O)O)cc21. The molecule has 6 nitrogen and oxygen atoms in total. The van der Waals surface area contributed by atoms with Crippen LogP contribution in [0.25, 0.3) is 11.0 Å². The molecule has 2 unspecified atom stereocenters. The van der Waals surface area contributed by atoms with E-state index >= 15 is 0 Å². The van der Waals surface area contributed by atoms with Crippen LogP contribution in [-0.2, 0) is 4.74 Å². The van der Waals surface area contributed by atoms with Gasteiger partial charge in [0.1, 0.15) is 0 Å². The molecule has 106 valence electrons. The minimum atomic E-state index is -0.996. The number of aromatic carboxylic acids is 1. The van der Waals surface area contributed by atoms with Crippen LogP contribution in [0, 0.1) is 5.92 Å². The molecule has 0 amide bonds. The van der Waals surface area contributed by atoms with Crippen molar-refractivity contribution in [2.24, 2.45) is 5.92 Å². The molecule has 1 aromatic carbocycles. The summed E-state index contributed by atoms with van der Waals surface area (Å²) in [6.07, 6.45) is 0.916. The van der Waals surface area contributed by atoms with E-state index in [2.05, 4.69) is 4.98 Å². The molecule has 1 aliphatic heterocycles. The van der Waals surface area contributed by atoms with Gasteiger partial charge in [0, 0.05) is 18.6 Å². The highest BCUT2D eigenvalue weighted by Gasteiger charge is 2.26. The summed E-state index contributed by atoms with van der Waals surface area (Å²) in [4.78, 5) is 26.0. The third kappa shape index (κ3) is 2.02. The highest BCUT2D eigenvalue weighted by atomic mass is 16.5. The summed E-state index contributed by atoms with van der Waals surface area (Å²) in [7, 11) is 0. The van der Waals surface area contributed by atoms with E-state index in [4.69, 9.17) is 9.84 Å². The van der Waals surface area contributed by atoms with Crippen LogP contribution in [0.3, 0.4) is 0 Å². The first kappa shape index (κ1) is 12.9. The van der Waals surface area contributed by atoms with Gasteiger partial charge < -0.3 is 14.8 Å². The Labute approximate surface area is 115 Å². The second-order valence-corrected chi connectivity index (χ2v) is 5.20. The zero-order valence-corrected chi connectivity index (χ0v) is 11.1. The highest BCUT2D eigenvalue weighted by Crippen LogP contribution is 2.27. The molecule has 1 aliphatic rings. The van der Waals surface area contributed by atoms with Gasteiger partial charge >= 0.3 is 11.7 Å². The monoisotopic (exact) mass is 276 g/mol. The predicted molar refractivity (Wildman–Crippen MR) is 73.2 cm³/mol. The number of nitrogens with zero attached hydrogens (tertiary/aromatic N) is 1. The molecule has 0 bridgehead atoms. The highest BCUT2D eigenvalue weighted by molar-refractivity contribution is 5.92. The number of imidazole rings is 1. The molecule has 6 heteroatoms. The van der Waals surface area contributed by atoms with Gasteiger partial charge in [0.05, 0.1) is 23.2 Å². The predicted octanol–water partition coefficient (Wildman–Crippen LogP) is 1.63. The molecule has 2 heterocycles. The number of carbonyl (C=O) groups is 1. The number of benzene rings is 1. The van der Waals surface area contributed by atoms with Crippen LogP contribution in [-0.4, -0.2) is 33.8 Å². The fourth-order valence-electron chi connectivity index (χ4n) is 2.80. The molecule has 0 radical (unpaired) electrons. The molecule has 1 fully saturated rings. The molecular formula is C14H16N2O4. The van der Waals surface area contributed by atoms with Crippen molar-refractivity contribution in [1.29, 1.82) is 0 Å². The fourth-order valence-corrected chi connectivity index (χ4v) is 2.80. The molecule has 1 saturated heterocycles. The average Bonchev–Trinajstić information content (AvgIpc) is 3.03. The number of ether oxygens (including phenoxy) is 1. The van der Waals surface area contributed by atoms with Gasteiger partial charge in [-0.2, -0.15) is 0 Å². The van der Waals surface area contributed by atoms with Gasteiger partial charge in [-0.1, -0.05) is 0 Å². The van der Waals surface area contributed by atoms with Gasteiger partial charge in [-0.25, -0.2) is 9.59 Å². The number of fused-ring (bicyclic) bond motifs is 1. The first-order valence-electron chi connectivity index (χ1n) is 6.63. The Morgan fingerprint density at radius 3 is 3.00 bits per heavy atom. The number of aromatic amines is 1. The Morgan fingerprint density at radius 2 is 2.35 bits per heavy atom. The fraction of sp³-hybridized carbons (Fsp3) is 0.429. The minimum Gasteiger partial charge on any atom is -0.478 e. The second kappa shape index (κ2) is 4.79. The third-order valence-electron chi connectivity index (χ3n) is 4.02. The van der Waals surface area contributed by atoms with E-state index in [1.807, 2.05) is 6.92 Å². The standard InChI is InChI=1S/C14H16N2O4/c1-8(10-4-5-20-7-10)16-12-6-9(13(17)18)2-3-11(12)15-14(16)19/h2-3,6,8,10H,4-5,7H2,1H3,(H,15,19)(H,17,18). The lowest BCUT2D eigenvalue weighted by atomic mass is 10.0. The van der Waals surface area contributed by atoms with Gasteiger partial charge in [-0.05, 0) is 31.5 Å². The van der Waals surface area contributed by atoms with Gasteiger partial charge in [0.15, 0.2) is 0 Å². The van der Waals surface area contributed by atoms with E-state index in [-0.39, 0.29) is 23.2 Å². The Morgan fingerprint density at radius 1 is 1.55 bits per heavy atom. The second-order valence-electron chi connectivity index (χ2n) is 5.20. The summed E-state index contributed by atoms with van der Waals surface area (Å²) in [5.41, 5.74) is 1.27. The minimum absolute atomic E-state index is 0.0252. The summed E-state index contributed by atoms with van der Waals surface area (Å²) < 4.78 is 7.01. The Balaban J connectivity index is 2.13. The van der Waals surface area contributed by atoms with E-state index in [0.29, 0.717) is 24.2 Å². The van der Waals surface area contributed by atoms with Crippen molar-refractivity contribution in [1.82, 2.24) is 9.55 Å². The summed E-state index contributed by atoms with van der Waals surface area (Å²) in [5.74, 6) is -0.718. The quantitative estimate of drug-likeness (QED) is 0.892. The lowest BCUT2D eigenvalue weighted by molar-refractivity contribution is 0.0697. The third-order valence-corrected chi connectivity index (χ3v) is 4.02. The topological polar surface area (TPSA) is 84.3 Å². The number of rotatable bonds is 3. The lowest BCUT2D eigenvalue weighted by Gasteiger charge is -2.19. The zero-order valence-electron chi connectivity index (χ0n) is 11.1. The number of nitrogens with one attached hydrogen (secondary N) is 1. The number of carboxylic acid groups (broad SMARTS) is 1. The molecule has 3 rings (SSSR count). The Hall–Kier alpha value is -2.08. The molecule has 0 saturated carbocycles. The molecule has 1 aromatic heterocycles. The molecule has 20 heavy (non-hydrogen) atoms. The summed E-state index contributed by atoms with van der Waals surface area (Å²) in [6, 6.07) is 4.65. The molecular weight excluding hydrogens is 260 g/mol. The number of aromatic nitrogens is 2. The van der Waals surface area contributed by atoms with E-state index in [1.54, 1.807) is 16.7 Å². The first-order valence-corrected chi connectivity index (χ1v) is 6.63. The van der Waals surface area contributed by atoms with Crippen molar-refractivity contribution in [2.75, 3.05) is 13.2 Å². The van der Waals surface area contributed by atoms with E-state index < -0.39 is 5.97 Å². The number of hydrogen-bond donors (Lipinski definition) is 2. The normalized spacial score (nSPS) is 20.4. The molecule has 2 atom stereocenters. The van der Waals surface area contributed by atoms with Gasteiger partial charge in [0.2, 0.25) is 0 Å². The lowest BCUT2D eigenvalue weighted by Crippen LogP contribution is -2.26.